The second-order valence-corrected chi connectivity index (χ2v) is 5.66. The molecule has 118 valence electrons. The minimum Gasteiger partial charge on any atom is -0.497 e. The first-order chi connectivity index (χ1) is 11.1. The molecule has 0 atom stereocenters. The number of hydrogen-bond donors (Lipinski definition) is 1. The van der Waals surface area contributed by atoms with Gasteiger partial charge in [-0.1, -0.05) is 12.1 Å². The second-order valence-electron chi connectivity index (χ2n) is 4.90. The summed E-state index contributed by atoms with van der Waals surface area (Å²) in [6.45, 7) is 1.84. The van der Waals surface area contributed by atoms with E-state index in [9.17, 15) is 4.79 Å². The molecule has 1 N–H and O–H groups in total. The highest BCUT2D eigenvalue weighted by Gasteiger charge is 2.15. The van der Waals surface area contributed by atoms with Crippen molar-refractivity contribution in [1.29, 1.82) is 0 Å². The van der Waals surface area contributed by atoms with Crippen molar-refractivity contribution in [2.75, 3.05) is 12.4 Å². The first-order valence-corrected chi connectivity index (χ1v) is 7.64. The average molecular weight is 329 g/mol. The molecule has 8 heteroatoms. The highest BCUT2D eigenvalue weighted by atomic mass is 32.1. The van der Waals surface area contributed by atoms with Gasteiger partial charge in [-0.05, 0) is 25.1 Å². The third-order valence-corrected chi connectivity index (χ3v) is 3.84. The lowest BCUT2D eigenvalue weighted by Gasteiger charge is -2.01. The normalized spacial score (nSPS) is 10.6. The Labute approximate surface area is 137 Å². The zero-order valence-electron chi connectivity index (χ0n) is 12.9. The Morgan fingerprint density at radius 2 is 2.17 bits per heavy atom. The van der Waals surface area contributed by atoms with Crippen molar-refractivity contribution in [2.45, 2.75) is 6.92 Å². The monoisotopic (exact) mass is 329 g/mol. The molecular formula is C15H15N5O2S. The third kappa shape index (κ3) is 3.21. The Hall–Kier alpha value is -2.74. The lowest BCUT2D eigenvalue weighted by atomic mass is 10.2. The molecule has 3 rings (SSSR count). The van der Waals surface area contributed by atoms with Gasteiger partial charge in [-0.3, -0.25) is 14.8 Å². The molecular weight excluding hydrogens is 314 g/mol. The molecule has 0 unspecified atom stereocenters. The zero-order chi connectivity index (χ0) is 16.4. The van der Waals surface area contributed by atoms with Crippen LogP contribution in [0.2, 0.25) is 0 Å². The number of methoxy groups -OCH3 is 1. The maximum absolute atomic E-state index is 12.2. The van der Waals surface area contributed by atoms with Crippen LogP contribution in [0.4, 0.5) is 5.13 Å². The Bertz CT molecular complexity index is 855. The Balaban J connectivity index is 1.79. The lowest BCUT2D eigenvalue weighted by molar-refractivity contribution is 0.101. The molecule has 1 amide bonds. The second kappa shape index (κ2) is 6.17. The molecule has 0 saturated carbocycles. The molecule has 0 aliphatic heterocycles. The van der Waals surface area contributed by atoms with Crippen LogP contribution < -0.4 is 10.1 Å². The zero-order valence-corrected chi connectivity index (χ0v) is 13.7. The first-order valence-electron chi connectivity index (χ1n) is 6.87. The number of nitrogens with one attached hydrogen (secondary N) is 1. The van der Waals surface area contributed by atoms with E-state index in [1.165, 1.54) is 4.68 Å². The van der Waals surface area contributed by atoms with Gasteiger partial charge in [-0.15, -0.1) is 0 Å². The Morgan fingerprint density at radius 1 is 1.35 bits per heavy atom. The van der Waals surface area contributed by atoms with Crippen LogP contribution in [0.15, 0.2) is 30.3 Å². The molecule has 2 heterocycles. The summed E-state index contributed by atoms with van der Waals surface area (Å²) in [7, 11) is 3.33. The fourth-order valence-electron chi connectivity index (χ4n) is 2.14. The summed E-state index contributed by atoms with van der Waals surface area (Å²) in [5.41, 5.74) is 2.09. The Kier molecular flexibility index (Phi) is 4.07. The molecule has 0 aliphatic rings. The molecule has 0 radical (unpaired) electrons. The van der Waals surface area contributed by atoms with E-state index in [4.69, 9.17) is 4.74 Å². The molecule has 7 nitrogen and oxygen atoms in total. The number of aryl methyl sites for hydroxylation is 2. The molecule has 0 bridgehead atoms. The maximum atomic E-state index is 12.2. The van der Waals surface area contributed by atoms with Crippen molar-refractivity contribution in [3.8, 4) is 17.1 Å². The lowest BCUT2D eigenvalue weighted by Crippen LogP contribution is -2.15. The molecule has 0 spiro atoms. The highest BCUT2D eigenvalue weighted by molar-refractivity contribution is 7.10. The quantitative estimate of drug-likeness (QED) is 0.795. The fraction of sp³-hybridized carbons (Fsp3) is 0.200. The number of benzene rings is 1. The van der Waals surface area contributed by atoms with E-state index in [0.29, 0.717) is 16.6 Å². The van der Waals surface area contributed by atoms with Crippen molar-refractivity contribution in [1.82, 2.24) is 19.1 Å². The molecule has 1 aromatic carbocycles. The summed E-state index contributed by atoms with van der Waals surface area (Å²) in [5, 5.41) is 7.34. The van der Waals surface area contributed by atoms with E-state index in [1.54, 1.807) is 20.2 Å². The van der Waals surface area contributed by atoms with Gasteiger partial charge in [0.15, 0.2) is 5.82 Å². The molecule has 23 heavy (non-hydrogen) atoms. The molecule has 3 aromatic rings. The van der Waals surface area contributed by atoms with Gasteiger partial charge in [0.05, 0.1) is 12.8 Å². The molecule has 0 saturated heterocycles. The molecule has 0 aliphatic carbocycles. The largest absolute Gasteiger partial charge is 0.497 e. The number of carbonyl (C=O) groups is 1. The van der Waals surface area contributed by atoms with E-state index in [2.05, 4.69) is 19.8 Å². The Morgan fingerprint density at radius 3 is 2.87 bits per heavy atom. The van der Waals surface area contributed by atoms with Crippen LogP contribution in [0.1, 0.15) is 16.2 Å². The van der Waals surface area contributed by atoms with Gasteiger partial charge in [0.25, 0.3) is 5.91 Å². The van der Waals surface area contributed by atoms with Crippen LogP contribution in [0, 0.1) is 6.92 Å². The molecule has 0 fully saturated rings. The summed E-state index contributed by atoms with van der Waals surface area (Å²) >= 11 is 1.13. The smallest absolute Gasteiger partial charge is 0.275 e. The van der Waals surface area contributed by atoms with Crippen molar-refractivity contribution in [2.24, 2.45) is 7.05 Å². The summed E-state index contributed by atoms with van der Waals surface area (Å²) in [5.74, 6) is 1.01. The maximum Gasteiger partial charge on any atom is 0.275 e. The number of ether oxygens (including phenoxy) is 1. The van der Waals surface area contributed by atoms with Crippen LogP contribution in [-0.2, 0) is 7.05 Å². The summed E-state index contributed by atoms with van der Waals surface area (Å²) in [6.07, 6.45) is 0. The van der Waals surface area contributed by atoms with Crippen LogP contribution in [0.5, 0.6) is 5.75 Å². The van der Waals surface area contributed by atoms with Gasteiger partial charge in [0.2, 0.25) is 5.13 Å². The van der Waals surface area contributed by atoms with Crippen molar-refractivity contribution in [3.05, 3.63) is 41.7 Å². The van der Waals surface area contributed by atoms with E-state index in [-0.39, 0.29) is 5.91 Å². The standard InChI is InChI=1S/C15H15N5O2S/c1-9-7-12(20(2)18-9)14(21)17-15-16-13(19-23-15)10-5-4-6-11(8-10)22-3/h4-8H,1-3H3,(H,16,17,19,21). The van der Waals surface area contributed by atoms with Gasteiger partial charge in [-0.25, -0.2) is 0 Å². The average Bonchev–Trinajstić information content (AvgIpc) is 3.13. The fourth-order valence-corrected chi connectivity index (χ4v) is 2.72. The van der Waals surface area contributed by atoms with E-state index in [1.807, 2.05) is 31.2 Å². The van der Waals surface area contributed by atoms with Crippen LogP contribution in [0.25, 0.3) is 11.4 Å². The molecule has 2 aromatic heterocycles. The SMILES string of the molecule is COc1cccc(-c2nsc(NC(=O)c3cc(C)nn3C)n2)c1. The van der Waals surface area contributed by atoms with Gasteiger partial charge in [-0.2, -0.15) is 14.5 Å². The topological polar surface area (TPSA) is 81.9 Å². The predicted octanol–water partition coefficient (Wildman–Crippen LogP) is 2.51. The van der Waals surface area contributed by atoms with Gasteiger partial charge in [0.1, 0.15) is 11.4 Å². The minimum absolute atomic E-state index is 0.263. The van der Waals surface area contributed by atoms with E-state index < -0.39 is 0 Å². The number of aromatic nitrogens is 4. The van der Waals surface area contributed by atoms with Crippen molar-refractivity contribution < 1.29 is 9.53 Å². The number of rotatable bonds is 4. The highest BCUT2D eigenvalue weighted by Crippen LogP contribution is 2.24. The third-order valence-electron chi connectivity index (χ3n) is 3.21. The summed E-state index contributed by atoms with van der Waals surface area (Å²) in [4.78, 5) is 16.6. The number of amides is 1. The predicted molar refractivity (Wildman–Crippen MR) is 87.8 cm³/mol. The first kappa shape index (κ1) is 15.2. The number of nitrogens with zero attached hydrogens (tertiary/aromatic N) is 4. The van der Waals surface area contributed by atoms with Crippen LogP contribution in [-0.4, -0.2) is 32.2 Å². The number of carbonyl (C=O) groups excluding carboxylic acids is 1. The summed E-state index contributed by atoms with van der Waals surface area (Å²) in [6, 6.07) is 9.17. The number of hydrogen-bond acceptors (Lipinski definition) is 6. The van der Waals surface area contributed by atoms with Gasteiger partial charge < -0.3 is 4.74 Å². The van der Waals surface area contributed by atoms with Crippen LogP contribution in [0.3, 0.4) is 0 Å². The van der Waals surface area contributed by atoms with Crippen molar-refractivity contribution in [3.63, 3.8) is 0 Å². The van der Waals surface area contributed by atoms with Gasteiger partial charge in [0, 0.05) is 24.1 Å². The van der Waals surface area contributed by atoms with Crippen molar-refractivity contribution >= 4 is 22.6 Å². The van der Waals surface area contributed by atoms with E-state index >= 15 is 0 Å². The van der Waals surface area contributed by atoms with Gasteiger partial charge >= 0.3 is 0 Å². The minimum atomic E-state index is -0.263. The van der Waals surface area contributed by atoms with Crippen LogP contribution >= 0.6 is 11.5 Å². The summed E-state index contributed by atoms with van der Waals surface area (Å²) < 4.78 is 11.0. The number of anilines is 1. The van der Waals surface area contributed by atoms with E-state index in [0.717, 1.165) is 28.5 Å².